The van der Waals surface area contributed by atoms with Gasteiger partial charge in [0.25, 0.3) is 0 Å². The van der Waals surface area contributed by atoms with Crippen LogP contribution >= 0.6 is 24.8 Å². The maximum absolute atomic E-state index is 12.9. The molecule has 2 amide bonds. The SMILES string of the molecule is CC1(N)CCCCC1C(=O)N1CCN(c2ccc(C(N)=O)cc2)CC1.Cl.Cl. The lowest BCUT2D eigenvalue weighted by Crippen LogP contribution is -2.57. The second-order valence-electron chi connectivity index (χ2n) is 7.53. The highest BCUT2D eigenvalue weighted by Gasteiger charge is 2.40. The van der Waals surface area contributed by atoms with Crippen molar-refractivity contribution in [1.82, 2.24) is 4.90 Å². The van der Waals surface area contributed by atoms with E-state index in [-0.39, 0.29) is 42.2 Å². The van der Waals surface area contributed by atoms with Gasteiger partial charge in [0.15, 0.2) is 0 Å². The van der Waals surface area contributed by atoms with Crippen LogP contribution < -0.4 is 16.4 Å². The average molecular weight is 417 g/mol. The number of nitrogens with two attached hydrogens (primary N) is 2. The standard InChI is InChI=1S/C19H28N4O2.2ClH/c1-19(21)9-3-2-4-16(19)18(25)23-12-10-22(11-13-23)15-7-5-14(6-8-15)17(20)24;;/h5-8,16H,2-4,9-13,21H2,1H3,(H2,20,24);2*1H. The van der Waals surface area contributed by atoms with Gasteiger partial charge in [0.2, 0.25) is 11.8 Å². The molecule has 1 aliphatic heterocycles. The molecule has 1 heterocycles. The maximum atomic E-state index is 12.9. The lowest BCUT2D eigenvalue weighted by atomic mass is 9.74. The molecule has 0 spiro atoms. The Hall–Kier alpha value is -1.50. The van der Waals surface area contributed by atoms with E-state index in [9.17, 15) is 9.59 Å². The van der Waals surface area contributed by atoms with Crippen molar-refractivity contribution in [3.8, 4) is 0 Å². The first-order valence-corrected chi connectivity index (χ1v) is 9.11. The third-order valence-electron chi connectivity index (χ3n) is 5.66. The van der Waals surface area contributed by atoms with Crippen LogP contribution in [0.15, 0.2) is 24.3 Å². The molecule has 1 aromatic carbocycles. The van der Waals surface area contributed by atoms with Crippen LogP contribution in [0.2, 0.25) is 0 Å². The summed E-state index contributed by atoms with van der Waals surface area (Å²) in [7, 11) is 0. The third kappa shape index (κ3) is 5.27. The molecular weight excluding hydrogens is 387 g/mol. The summed E-state index contributed by atoms with van der Waals surface area (Å²) in [5.74, 6) is -0.254. The topological polar surface area (TPSA) is 92.7 Å². The van der Waals surface area contributed by atoms with E-state index in [0.717, 1.165) is 44.5 Å². The van der Waals surface area contributed by atoms with Gasteiger partial charge < -0.3 is 21.3 Å². The van der Waals surface area contributed by atoms with Gasteiger partial charge in [0, 0.05) is 43.0 Å². The first-order chi connectivity index (χ1) is 11.9. The van der Waals surface area contributed by atoms with Crippen LogP contribution in [0.5, 0.6) is 0 Å². The summed E-state index contributed by atoms with van der Waals surface area (Å²) >= 11 is 0. The van der Waals surface area contributed by atoms with Crippen LogP contribution in [0.1, 0.15) is 43.0 Å². The van der Waals surface area contributed by atoms with Crippen molar-refractivity contribution in [2.75, 3.05) is 31.1 Å². The smallest absolute Gasteiger partial charge is 0.248 e. The van der Waals surface area contributed by atoms with E-state index in [1.807, 2.05) is 24.0 Å². The molecule has 2 fully saturated rings. The first-order valence-electron chi connectivity index (χ1n) is 9.11. The van der Waals surface area contributed by atoms with E-state index in [1.165, 1.54) is 0 Å². The normalized spacial score (nSPS) is 25.2. The van der Waals surface area contributed by atoms with Gasteiger partial charge in [-0.25, -0.2) is 0 Å². The molecule has 152 valence electrons. The Labute approximate surface area is 173 Å². The Kier molecular flexibility index (Phi) is 8.39. The molecule has 27 heavy (non-hydrogen) atoms. The van der Waals surface area contributed by atoms with E-state index in [0.29, 0.717) is 18.7 Å². The Morgan fingerprint density at radius 1 is 1.04 bits per heavy atom. The number of nitrogens with zero attached hydrogens (tertiary/aromatic N) is 2. The molecule has 2 atom stereocenters. The summed E-state index contributed by atoms with van der Waals surface area (Å²) in [6.45, 7) is 5.02. The summed E-state index contributed by atoms with van der Waals surface area (Å²) in [5.41, 5.74) is 12.9. The molecule has 3 rings (SSSR count). The van der Waals surface area contributed by atoms with Crippen LogP contribution in [0.4, 0.5) is 5.69 Å². The fraction of sp³-hybridized carbons (Fsp3) is 0.579. The van der Waals surface area contributed by atoms with Crippen molar-refractivity contribution < 1.29 is 9.59 Å². The van der Waals surface area contributed by atoms with Gasteiger partial charge in [-0.3, -0.25) is 9.59 Å². The van der Waals surface area contributed by atoms with Gasteiger partial charge in [-0.15, -0.1) is 24.8 Å². The number of carbonyl (C=O) groups is 2. The Bertz CT molecular complexity index is 644. The molecule has 6 nitrogen and oxygen atoms in total. The lowest BCUT2D eigenvalue weighted by molar-refractivity contribution is -0.139. The second-order valence-corrected chi connectivity index (χ2v) is 7.53. The Balaban J connectivity index is 0.00000182. The fourth-order valence-corrected chi connectivity index (χ4v) is 4.01. The molecular formula is C19H30Cl2N4O2. The van der Waals surface area contributed by atoms with Gasteiger partial charge in [-0.05, 0) is 44.0 Å². The average Bonchev–Trinajstić information content (AvgIpc) is 2.61. The first kappa shape index (κ1) is 23.5. The Morgan fingerprint density at radius 2 is 1.63 bits per heavy atom. The van der Waals surface area contributed by atoms with Crippen molar-refractivity contribution >= 4 is 42.3 Å². The van der Waals surface area contributed by atoms with Gasteiger partial charge in [-0.2, -0.15) is 0 Å². The van der Waals surface area contributed by atoms with E-state index >= 15 is 0 Å². The Morgan fingerprint density at radius 3 is 2.15 bits per heavy atom. The van der Waals surface area contributed by atoms with Gasteiger partial charge in [0.05, 0.1) is 5.92 Å². The number of hydrogen-bond donors (Lipinski definition) is 2. The van der Waals surface area contributed by atoms with E-state index in [4.69, 9.17) is 11.5 Å². The highest BCUT2D eigenvalue weighted by molar-refractivity contribution is 5.93. The second kappa shape index (κ2) is 9.62. The summed E-state index contributed by atoms with van der Waals surface area (Å²) in [6, 6.07) is 7.32. The van der Waals surface area contributed by atoms with E-state index < -0.39 is 5.91 Å². The predicted octanol–water partition coefficient (Wildman–Crippen LogP) is 2.19. The number of piperazine rings is 1. The third-order valence-corrected chi connectivity index (χ3v) is 5.66. The fourth-order valence-electron chi connectivity index (χ4n) is 4.01. The maximum Gasteiger partial charge on any atom is 0.248 e. The minimum absolute atomic E-state index is 0. The van der Waals surface area contributed by atoms with Crippen LogP contribution in [-0.2, 0) is 4.79 Å². The minimum atomic E-state index is -0.417. The summed E-state index contributed by atoms with van der Waals surface area (Å²) in [6.07, 6.45) is 4.04. The summed E-state index contributed by atoms with van der Waals surface area (Å²) < 4.78 is 0. The van der Waals surface area contributed by atoms with E-state index in [1.54, 1.807) is 12.1 Å². The largest absolute Gasteiger partial charge is 0.368 e. The van der Waals surface area contributed by atoms with Crippen LogP contribution in [0.3, 0.4) is 0 Å². The number of halogens is 2. The molecule has 0 bridgehead atoms. The zero-order chi connectivity index (χ0) is 18.0. The number of primary amides is 1. The number of hydrogen-bond acceptors (Lipinski definition) is 4. The number of amides is 2. The lowest BCUT2D eigenvalue weighted by Gasteiger charge is -2.42. The number of carbonyl (C=O) groups excluding carboxylic acids is 2. The monoisotopic (exact) mass is 416 g/mol. The zero-order valence-electron chi connectivity index (χ0n) is 15.7. The van der Waals surface area contributed by atoms with Gasteiger partial charge in [-0.1, -0.05) is 12.8 Å². The quantitative estimate of drug-likeness (QED) is 0.789. The molecule has 2 unspecified atom stereocenters. The number of anilines is 1. The molecule has 0 aromatic heterocycles. The molecule has 1 aromatic rings. The van der Waals surface area contributed by atoms with Gasteiger partial charge >= 0.3 is 0 Å². The van der Waals surface area contributed by atoms with Crippen LogP contribution in [0.25, 0.3) is 0 Å². The molecule has 1 aliphatic carbocycles. The molecule has 0 radical (unpaired) electrons. The zero-order valence-corrected chi connectivity index (χ0v) is 17.4. The molecule has 2 aliphatic rings. The van der Waals surface area contributed by atoms with Crippen LogP contribution in [0, 0.1) is 5.92 Å². The summed E-state index contributed by atoms with van der Waals surface area (Å²) in [5, 5.41) is 0. The van der Waals surface area contributed by atoms with Crippen molar-refractivity contribution in [2.45, 2.75) is 38.1 Å². The highest BCUT2D eigenvalue weighted by atomic mass is 35.5. The van der Waals surface area contributed by atoms with E-state index in [2.05, 4.69) is 4.90 Å². The van der Waals surface area contributed by atoms with Crippen molar-refractivity contribution in [1.29, 1.82) is 0 Å². The van der Waals surface area contributed by atoms with Crippen molar-refractivity contribution in [3.05, 3.63) is 29.8 Å². The highest BCUT2D eigenvalue weighted by Crippen LogP contribution is 2.33. The molecule has 1 saturated carbocycles. The van der Waals surface area contributed by atoms with Crippen molar-refractivity contribution in [2.24, 2.45) is 17.4 Å². The number of rotatable bonds is 3. The number of benzene rings is 1. The van der Waals surface area contributed by atoms with Gasteiger partial charge in [0.1, 0.15) is 0 Å². The van der Waals surface area contributed by atoms with Crippen LogP contribution in [-0.4, -0.2) is 48.4 Å². The molecule has 1 saturated heterocycles. The van der Waals surface area contributed by atoms with Crippen molar-refractivity contribution in [3.63, 3.8) is 0 Å². The summed E-state index contributed by atoms with van der Waals surface area (Å²) in [4.78, 5) is 28.3. The minimum Gasteiger partial charge on any atom is -0.368 e. The molecule has 4 N–H and O–H groups in total. The predicted molar refractivity (Wildman–Crippen MR) is 113 cm³/mol. The molecule has 8 heteroatoms.